The fraction of sp³-hybridized carbons (Fsp3) is 0.222. The van der Waals surface area contributed by atoms with Gasteiger partial charge in [0, 0.05) is 23.4 Å². The summed E-state index contributed by atoms with van der Waals surface area (Å²) in [4.78, 5) is 16.0. The number of hydrogen-bond acceptors (Lipinski definition) is 3. The highest BCUT2D eigenvalue weighted by atomic mass is 16.5. The summed E-state index contributed by atoms with van der Waals surface area (Å²) in [6, 6.07) is 13.1. The Balaban J connectivity index is 1.79. The van der Waals surface area contributed by atoms with Crippen LogP contribution in [0.1, 0.15) is 16.8 Å². The first kappa shape index (κ1) is 16.4. The van der Waals surface area contributed by atoms with Crippen LogP contribution < -0.4 is 15.4 Å². The van der Waals surface area contributed by atoms with E-state index < -0.39 is 0 Å². The zero-order valence-electron chi connectivity index (χ0n) is 13.2. The van der Waals surface area contributed by atoms with E-state index in [4.69, 9.17) is 4.74 Å². The fourth-order valence-electron chi connectivity index (χ4n) is 1.90. The molecule has 1 aromatic carbocycles. The molecule has 118 valence electrons. The van der Waals surface area contributed by atoms with E-state index in [9.17, 15) is 4.79 Å². The molecule has 1 aromatic heterocycles. The molecule has 23 heavy (non-hydrogen) atoms. The summed E-state index contributed by atoms with van der Waals surface area (Å²) in [6.45, 7) is 2.51. The number of rotatable bonds is 4. The second-order valence-electron chi connectivity index (χ2n) is 4.83. The Morgan fingerprint density at radius 2 is 1.96 bits per heavy atom. The van der Waals surface area contributed by atoms with Crippen LogP contribution in [0.3, 0.4) is 0 Å². The minimum absolute atomic E-state index is 0.282. The van der Waals surface area contributed by atoms with Crippen molar-refractivity contribution in [1.29, 1.82) is 0 Å². The molecule has 0 aliphatic heterocycles. The van der Waals surface area contributed by atoms with Gasteiger partial charge in [0.2, 0.25) is 5.88 Å². The average Bonchev–Trinajstić information content (AvgIpc) is 2.58. The lowest BCUT2D eigenvalue weighted by molar-refractivity contribution is 0.241. The standard InChI is InChI=1S/C18H19N3O2/c1-14-10-11-16(17(21-14)23-2)13-20-18(22)19-12-6-9-15-7-4-3-5-8-15/h3-5,7-8,10-11H,12-13H2,1-2H3,(H2,19,20,22). The molecule has 0 aliphatic rings. The molecule has 0 unspecified atom stereocenters. The van der Waals surface area contributed by atoms with Gasteiger partial charge in [-0.15, -0.1) is 0 Å². The third kappa shape index (κ3) is 5.36. The molecule has 0 saturated carbocycles. The first-order valence-corrected chi connectivity index (χ1v) is 7.25. The average molecular weight is 309 g/mol. The van der Waals surface area contributed by atoms with E-state index in [1.807, 2.05) is 49.4 Å². The number of methoxy groups -OCH3 is 1. The van der Waals surface area contributed by atoms with Gasteiger partial charge in [-0.3, -0.25) is 0 Å². The topological polar surface area (TPSA) is 63.2 Å². The van der Waals surface area contributed by atoms with Gasteiger partial charge in [-0.2, -0.15) is 0 Å². The van der Waals surface area contributed by atoms with Gasteiger partial charge in [0.05, 0.1) is 13.7 Å². The molecule has 0 atom stereocenters. The summed E-state index contributed by atoms with van der Waals surface area (Å²) in [6.07, 6.45) is 0. The minimum Gasteiger partial charge on any atom is -0.481 e. The summed E-state index contributed by atoms with van der Waals surface area (Å²) in [5.41, 5.74) is 2.61. The quantitative estimate of drug-likeness (QED) is 0.852. The van der Waals surface area contributed by atoms with Crippen LogP contribution in [0.25, 0.3) is 0 Å². The minimum atomic E-state index is -0.282. The second kappa shape index (κ2) is 8.44. The van der Waals surface area contributed by atoms with Crippen molar-refractivity contribution in [3.05, 3.63) is 59.3 Å². The number of ether oxygens (including phenoxy) is 1. The van der Waals surface area contributed by atoms with Crippen molar-refractivity contribution in [2.75, 3.05) is 13.7 Å². The van der Waals surface area contributed by atoms with Gasteiger partial charge in [0.15, 0.2) is 0 Å². The van der Waals surface area contributed by atoms with Crippen molar-refractivity contribution < 1.29 is 9.53 Å². The van der Waals surface area contributed by atoms with Crippen molar-refractivity contribution in [2.24, 2.45) is 0 Å². The lowest BCUT2D eigenvalue weighted by Gasteiger charge is -2.09. The number of benzene rings is 1. The van der Waals surface area contributed by atoms with Crippen LogP contribution in [-0.2, 0) is 6.54 Å². The van der Waals surface area contributed by atoms with Crippen LogP contribution in [0.2, 0.25) is 0 Å². The van der Waals surface area contributed by atoms with Crippen LogP contribution in [0.5, 0.6) is 5.88 Å². The van der Waals surface area contributed by atoms with Gasteiger partial charge in [-0.1, -0.05) is 36.1 Å². The van der Waals surface area contributed by atoms with Gasteiger partial charge in [0.1, 0.15) is 0 Å². The highest BCUT2D eigenvalue weighted by molar-refractivity contribution is 5.74. The number of aryl methyl sites for hydroxylation is 1. The zero-order chi connectivity index (χ0) is 16.5. The number of pyridine rings is 1. The first-order chi connectivity index (χ1) is 11.2. The van der Waals surface area contributed by atoms with Gasteiger partial charge in [0.25, 0.3) is 0 Å². The van der Waals surface area contributed by atoms with Crippen LogP contribution >= 0.6 is 0 Å². The Morgan fingerprint density at radius 1 is 1.17 bits per heavy atom. The lowest BCUT2D eigenvalue weighted by atomic mass is 10.2. The summed E-state index contributed by atoms with van der Waals surface area (Å²) in [5, 5.41) is 5.44. The predicted molar refractivity (Wildman–Crippen MR) is 89.1 cm³/mol. The van der Waals surface area contributed by atoms with Crippen molar-refractivity contribution in [3.8, 4) is 17.7 Å². The fourth-order valence-corrected chi connectivity index (χ4v) is 1.90. The number of hydrogen-bond donors (Lipinski definition) is 2. The molecule has 0 fully saturated rings. The summed E-state index contributed by atoms with van der Waals surface area (Å²) < 4.78 is 5.20. The number of carbonyl (C=O) groups is 1. The lowest BCUT2D eigenvalue weighted by Crippen LogP contribution is -2.35. The molecule has 2 aromatic rings. The molecular formula is C18H19N3O2. The molecule has 2 amide bonds. The molecule has 0 radical (unpaired) electrons. The predicted octanol–water partition coefficient (Wildman–Crippen LogP) is 2.25. The summed E-state index contributed by atoms with van der Waals surface area (Å²) in [7, 11) is 1.56. The van der Waals surface area contributed by atoms with E-state index >= 15 is 0 Å². The number of nitrogens with zero attached hydrogens (tertiary/aromatic N) is 1. The Morgan fingerprint density at radius 3 is 2.70 bits per heavy atom. The molecule has 2 rings (SSSR count). The second-order valence-corrected chi connectivity index (χ2v) is 4.83. The first-order valence-electron chi connectivity index (χ1n) is 7.25. The SMILES string of the molecule is COc1nc(C)ccc1CNC(=O)NCC#Cc1ccccc1. The van der Waals surface area contributed by atoms with E-state index in [1.165, 1.54) is 0 Å². The third-order valence-corrected chi connectivity index (χ3v) is 3.05. The van der Waals surface area contributed by atoms with Crippen LogP contribution in [0, 0.1) is 18.8 Å². The maximum absolute atomic E-state index is 11.7. The molecule has 0 bridgehead atoms. The van der Waals surface area contributed by atoms with Gasteiger partial charge in [-0.05, 0) is 25.1 Å². The smallest absolute Gasteiger partial charge is 0.315 e. The summed E-state index contributed by atoms with van der Waals surface area (Å²) in [5.74, 6) is 6.40. The highest BCUT2D eigenvalue weighted by Crippen LogP contribution is 2.14. The highest BCUT2D eigenvalue weighted by Gasteiger charge is 2.06. The Labute approximate surface area is 136 Å². The van der Waals surface area contributed by atoms with E-state index in [0.29, 0.717) is 12.4 Å². The molecule has 0 aliphatic carbocycles. The van der Waals surface area contributed by atoms with E-state index in [2.05, 4.69) is 27.5 Å². The van der Waals surface area contributed by atoms with Crippen molar-refractivity contribution >= 4 is 6.03 Å². The summed E-state index contributed by atoms with van der Waals surface area (Å²) >= 11 is 0. The van der Waals surface area contributed by atoms with Crippen molar-refractivity contribution in [2.45, 2.75) is 13.5 Å². The van der Waals surface area contributed by atoms with Gasteiger partial charge < -0.3 is 15.4 Å². The van der Waals surface area contributed by atoms with E-state index in [1.54, 1.807) is 7.11 Å². The van der Waals surface area contributed by atoms with Crippen LogP contribution in [0.4, 0.5) is 4.79 Å². The number of carbonyl (C=O) groups excluding carboxylic acids is 1. The molecule has 5 heteroatoms. The number of nitrogens with one attached hydrogen (secondary N) is 2. The normalized spacial score (nSPS) is 9.48. The monoisotopic (exact) mass is 309 g/mol. The van der Waals surface area contributed by atoms with E-state index in [0.717, 1.165) is 16.8 Å². The maximum atomic E-state index is 11.7. The Bertz CT molecular complexity index is 718. The molecule has 2 N–H and O–H groups in total. The third-order valence-electron chi connectivity index (χ3n) is 3.05. The van der Waals surface area contributed by atoms with Crippen LogP contribution in [0.15, 0.2) is 42.5 Å². The molecule has 0 spiro atoms. The Kier molecular flexibility index (Phi) is 6.01. The van der Waals surface area contributed by atoms with Gasteiger partial charge in [-0.25, -0.2) is 9.78 Å². The maximum Gasteiger partial charge on any atom is 0.315 e. The largest absolute Gasteiger partial charge is 0.481 e. The number of urea groups is 1. The van der Waals surface area contributed by atoms with Crippen molar-refractivity contribution in [3.63, 3.8) is 0 Å². The molecule has 5 nitrogen and oxygen atoms in total. The molecule has 1 heterocycles. The Hall–Kier alpha value is -3.00. The number of aromatic nitrogens is 1. The molecular weight excluding hydrogens is 290 g/mol. The van der Waals surface area contributed by atoms with Gasteiger partial charge >= 0.3 is 6.03 Å². The van der Waals surface area contributed by atoms with Crippen molar-refractivity contribution in [1.82, 2.24) is 15.6 Å². The van der Waals surface area contributed by atoms with E-state index in [-0.39, 0.29) is 12.6 Å². The van der Waals surface area contributed by atoms with Crippen LogP contribution in [-0.4, -0.2) is 24.7 Å². The molecule has 0 saturated heterocycles. The zero-order valence-corrected chi connectivity index (χ0v) is 13.2. The number of amides is 2.